The van der Waals surface area contributed by atoms with Crippen molar-refractivity contribution in [2.75, 3.05) is 5.32 Å². The molecule has 92 valence electrons. The molecule has 5 nitrogen and oxygen atoms in total. The molecule has 0 heterocycles. The maximum Gasteiger partial charge on any atom is 0.241 e. The van der Waals surface area contributed by atoms with Crippen LogP contribution < -0.4 is 11.1 Å². The van der Waals surface area contributed by atoms with E-state index in [0.717, 1.165) is 6.42 Å². The maximum absolute atomic E-state index is 11.7. The smallest absolute Gasteiger partial charge is 0.241 e. The molecular formula is C13H14N4O. The summed E-state index contributed by atoms with van der Waals surface area (Å²) in [7, 11) is 0. The van der Waals surface area contributed by atoms with Gasteiger partial charge >= 0.3 is 0 Å². The molecule has 0 bridgehead atoms. The van der Waals surface area contributed by atoms with Crippen molar-refractivity contribution < 1.29 is 4.79 Å². The Kier molecular flexibility index (Phi) is 4.86. The van der Waals surface area contributed by atoms with E-state index in [1.807, 2.05) is 19.1 Å². The molecule has 0 aliphatic rings. The molecule has 1 aromatic carbocycles. The van der Waals surface area contributed by atoms with E-state index in [-0.39, 0.29) is 17.0 Å². The number of nitriles is 2. The standard InChI is InChI=1S/C13H14N4O/c1-2-3-12(16)13(18)17-11-5-4-9(7-14)10(6-11)8-15/h4-6,12H,2-3,16H2,1H3,(H,17,18)/t12-/m0/s1. The number of carbonyl (C=O) groups is 1. The molecule has 5 heteroatoms. The summed E-state index contributed by atoms with van der Waals surface area (Å²) in [6.45, 7) is 1.95. The van der Waals surface area contributed by atoms with Crippen LogP contribution in [0.5, 0.6) is 0 Å². The van der Waals surface area contributed by atoms with E-state index >= 15 is 0 Å². The Hall–Kier alpha value is -2.37. The molecule has 18 heavy (non-hydrogen) atoms. The van der Waals surface area contributed by atoms with Crippen LogP contribution in [-0.2, 0) is 4.79 Å². The predicted molar refractivity (Wildman–Crippen MR) is 67.4 cm³/mol. The van der Waals surface area contributed by atoms with Gasteiger partial charge in [-0.2, -0.15) is 10.5 Å². The summed E-state index contributed by atoms with van der Waals surface area (Å²) >= 11 is 0. The summed E-state index contributed by atoms with van der Waals surface area (Å²) in [5, 5.41) is 20.3. The van der Waals surface area contributed by atoms with Gasteiger partial charge in [-0.05, 0) is 24.6 Å². The minimum Gasteiger partial charge on any atom is -0.325 e. The molecule has 0 aliphatic heterocycles. The maximum atomic E-state index is 11.7. The second kappa shape index (κ2) is 6.39. The highest BCUT2D eigenvalue weighted by molar-refractivity contribution is 5.94. The van der Waals surface area contributed by atoms with Gasteiger partial charge in [-0.15, -0.1) is 0 Å². The van der Waals surface area contributed by atoms with Crippen molar-refractivity contribution in [3.63, 3.8) is 0 Å². The van der Waals surface area contributed by atoms with Crippen LogP contribution in [0.15, 0.2) is 18.2 Å². The van der Waals surface area contributed by atoms with Gasteiger partial charge in [-0.3, -0.25) is 4.79 Å². The molecule has 0 radical (unpaired) electrons. The summed E-state index contributed by atoms with van der Waals surface area (Å²) in [6, 6.07) is 7.81. The lowest BCUT2D eigenvalue weighted by Crippen LogP contribution is -2.35. The fraction of sp³-hybridized carbons (Fsp3) is 0.308. The van der Waals surface area contributed by atoms with Crippen molar-refractivity contribution in [3.05, 3.63) is 29.3 Å². The zero-order valence-electron chi connectivity index (χ0n) is 10.1. The van der Waals surface area contributed by atoms with Crippen LogP contribution in [0.25, 0.3) is 0 Å². The molecule has 1 amide bonds. The zero-order chi connectivity index (χ0) is 13.5. The van der Waals surface area contributed by atoms with Crippen molar-refractivity contribution in [2.45, 2.75) is 25.8 Å². The predicted octanol–water partition coefficient (Wildman–Crippen LogP) is 1.50. The van der Waals surface area contributed by atoms with Gasteiger partial charge in [-0.25, -0.2) is 0 Å². The fourth-order valence-electron chi connectivity index (χ4n) is 1.49. The lowest BCUT2D eigenvalue weighted by atomic mass is 10.1. The van der Waals surface area contributed by atoms with Gasteiger partial charge < -0.3 is 11.1 Å². The minimum atomic E-state index is -0.559. The highest BCUT2D eigenvalue weighted by Crippen LogP contribution is 2.15. The number of nitrogens with zero attached hydrogens (tertiary/aromatic N) is 2. The van der Waals surface area contributed by atoms with Gasteiger partial charge in [-0.1, -0.05) is 13.3 Å². The number of hydrogen-bond acceptors (Lipinski definition) is 4. The number of nitrogens with one attached hydrogen (secondary N) is 1. The van der Waals surface area contributed by atoms with Crippen LogP contribution in [-0.4, -0.2) is 11.9 Å². The van der Waals surface area contributed by atoms with Gasteiger partial charge in [0.05, 0.1) is 17.2 Å². The highest BCUT2D eigenvalue weighted by Gasteiger charge is 2.13. The lowest BCUT2D eigenvalue weighted by Gasteiger charge is -2.11. The number of hydrogen-bond donors (Lipinski definition) is 2. The van der Waals surface area contributed by atoms with Gasteiger partial charge in [0.2, 0.25) is 5.91 Å². The monoisotopic (exact) mass is 242 g/mol. The van der Waals surface area contributed by atoms with Gasteiger partial charge in [0.25, 0.3) is 0 Å². The first-order valence-electron chi connectivity index (χ1n) is 5.63. The summed E-state index contributed by atoms with van der Waals surface area (Å²) < 4.78 is 0. The molecule has 0 aliphatic carbocycles. The molecule has 1 atom stereocenters. The Balaban J connectivity index is 2.84. The number of carbonyl (C=O) groups excluding carboxylic acids is 1. The van der Waals surface area contributed by atoms with E-state index in [1.54, 1.807) is 6.07 Å². The first kappa shape index (κ1) is 13.7. The van der Waals surface area contributed by atoms with E-state index in [4.69, 9.17) is 16.3 Å². The molecule has 0 fully saturated rings. The molecule has 1 aromatic rings. The SMILES string of the molecule is CCC[C@H](N)C(=O)Nc1ccc(C#N)c(C#N)c1. The molecular weight excluding hydrogens is 228 g/mol. The quantitative estimate of drug-likeness (QED) is 0.834. The number of amides is 1. The van der Waals surface area contributed by atoms with Crippen LogP contribution in [0.4, 0.5) is 5.69 Å². The van der Waals surface area contributed by atoms with Crippen molar-refractivity contribution in [1.29, 1.82) is 10.5 Å². The molecule has 1 rings (SSSR count). The average Bonchev–Trinajstić information content (AvgIpc) is 2.38. The first-order chi connectivity index (χ1) is 8.62. The number of benzene rings is 1. The van der Waals surface area contributed by atoms with E-state index in [2.05, 4.69) is 5.32 Å². The average molecular weight is 242 g/mol. The van der Waals surface area contributed by atoms with E-state index in [9.17, 15) is 4.79 Å². The summed E-state index contributed by atoms with van der Waals surface area (Å²) in [4.78, 5) is 11.7. The topological polar surface area (TPSA) is 103 Å². The second-order valence-electron chi connectivity index (χ2n) is 3.87. The van der Waals surface area contributed by atoms with Gasteiger partial charge in [0.15, 0.2) is 0 Å². The number of anilines is 1. The fourth-order valence-corrected chi connectivity index (χ4v) is 1.49. The van der Waals surface area contributed by atoms with Crippen molar-refractivity contribution in [2.24, 2.45) is 5.73 Å². The number of nitrogens with two attached hydrogens (primary N) is 1. The molecule has 0 aromatic heterocycles. The number of rotatable bonds is 4. The van der Waals surface area contributed by atoms with E-state index < -0.39 is 6.04 Å². The second-order valence-corrected chi connectivity index (χ2v) is 3.87. The van der Waals surface area contributed by atoms with Crippen LogP contribution in [0.1, 0.15) is 30.9 Å². The van der Waals surface area contributed by atoms with Gasteiger partial charge in [0.1, 0.15) is 12.1 Å². The third kappa shape index (κ3) is 3.31. The Morgan fingerprint density at radius 2 is 2.06 bits per heavy atom. The molecule has 0 saturated heterocycles. The van der Waals surface area contributed by atoms with Crippen LogP contribution in [0.3, 0.4) is 0 Å². The third-order valence-corrected chi connectivity index (χ3v) is 2.46. The lowest BCUT2D eigenvalue weighted by molar-refractivity contribution is -0.117. The van der Waals surface area contributed by atoms with Crippen molar-refractivity contribution >= 4 is 11.6 Å². The normalized spacial score (nSPS) is 11.1. The first-order valence-corrected chi connectivity index (χ1v) is 5.63. The van der Waals surface area contributed by atoms with Crippen molar-refractivity contribution in [1.82, 2.24) is 0 Å². The highest BCUT2D eigenvalue weighted by atomic mass is 16.2. The summed E-state index contributed by atoms with van der Waals surface area (Å²) in [6.07, 6.45) is 1.43. The Morgan fingerprint density at radius 1 is 1.39 bits per heavy atom. The van der Waals surface area contributed by atoms with E-state index in [1.165, 1.54) is 12.1 Å². The van der Waals surface area contributed by atoms with Crippen LogP contribution in [0, 0.1) is 22.7 Å². The summed E-state index contributed by atoms with van der Waals surface area (Å²) in [5.74, 6) is -0.287. The minimum absolute atomic E-state index is 0.236. The zero-order valence-corrected chi connectivity index (χ0v) is 10.1. The van der Waals surface area contributed by atoms with E-state index in [0.29, 0.717) is 12.1 Å². The Labute approximate surface area is 106 Å². The van der Waals surface area contributed by atoms with Crippen LogP contribution >= 0.6 is 0 Å². The largest absolute Gasteiger partial charge is 0.325 e. The Morgan fingerprint density at radius 3 is 2.61 bits per heavy atom. The van der Waals surface area contributed by atoms with Crippen LogP contribution in [0.2, 0.25) is 0 Å². The summed E-state index contributed by atoms with van der Waals surface area (Å²) in [5.41, 5.74) is 6.67. The molecule has 0 unspecified atom stereocenters. The molecule has 0 saturated carbocycles. The van der Waals surface area contributed by atoms with Gasteiger partial charge in [0, 0.05) is 5.69 Å². The molecule has 3 N–H and O–H groups in total. The third-order valence-electron chi connectivity index (χ3n) is 2.46. The molecule has 0 spiro atoms. The van der Waals surface area contributed by atoms with Crippen molar-refractivity contribution in [3.8, 4) is 12.1 Å². The Bertz CT molecular complexity index is 525.